The molecule has 0 aromatic rings. The van der Waals surface area contributed by atoms with Crippen molar-refractivity contribution in [1.29, 1.82) is 0 Å². The summed E-state index contributed by atoms with van der Waals surface area (Å²) in [5.41, 5.74) is -1.09. The molecule has 2 N–H and O–H groups in total. The SMILES string of the molecule is COC1(CC2(NC(=O)OC(C)(C)C)CCOC2)CNC1. The van der Waals surface area contributed by atoms with Crippen molar-refractivity contribution in [2.45, 2.75) is 50.4 Å². The first kappa shape index (κ1) is 15.5. The molecule has 2 fully saturated rings. The lowest BCUT2D eigenvalue weighted by molar-refractivity contribution is -0.0760. The Morgan fingerprint density at radius 1 is 1.40 bits per heavy atom. The third-order valence-corrected chi connectivity index (χ3v) is 3.86. The van der Waals surface area contributed by atoms with E-state index in [-0.39, 0.29) is 17.2 Å². The van der Waals surface area contributed by atoms with Crippen molar-refractivity contribution in [3.8, 4) is 0 Å². The first-order chi connectivity index (χ1) is 9.28. The van der Waals surface area contributed by atoms with Crippen LogP contribution in [0.5, 0.6) is 0 Å². The monoisotopic (exact) mass is 286 g/mol. The van der Waals surface area contributed by atoms with E-state index in [1.807, 2.05) is 20.8 Å². The molecule has 1 atom stereocenters. The molecule has 2 saturated heterocycles. The van der Waals surface area contributed by atoms with Crippen molar-refractivity contribution in [2.75, 3.05) is 33.4 Å². The molecule has 1 amide bonds. The van der Waals surface area contributed by atoms with Crippen molar-refractivity contribution >= 4 is 6.09 Å². The summed E-state index contributed by atoms with van der Waals surface area (Å²) in [5.74, 6) is 0. The van der Waals surface area contributed by atoms with E-state index in [4.69, 9.17) is 14.2 Å². The number of carbonyl (C=O) groups excluding carboxylic acids is 1. The number of methoxy groups -OCH3 is 1. The van der Waals surface area contributed by atoms with Crippen molar-refractivity contribution in [2.24, 2.45) is 0 Å². The number of carbonyl (C=O) groups is 1. The van der Waals surface area contributed by atoms with Gasteiger partial charge < -0.3 is 24.8 Å². The molecule has 0 bridgehead atoms. The number of rotatable bonds is 4. The third kappa shape index (κ3) is 3.62. The Kier molecular flexibility index (Phi) is 4.27. The highest BCUT2D eigenvalue weighted by atomic mass is 16.6. The number of nitrogens with one attached hydrogen (secondary N) is 2. The summed E-state index contributed by atoms with van der Waals surface area (Å²) >= 11 is 0. The zero-order valence-corrected chi connectivity index (χ0v) is 12.9. The predicted octanol–water partition coefficient (Wildman–Crippen LogP) is 1.05. The lowest BCUT2D eigenvalue weighted by Crippen LogP contribution is -2.66. The molecule has 6 heteroatoms. The number of hydrogen-bond donors (Lipinski definition) is 2. The topological polar surface area (TPSA) is 68.8 Å². The van der Waals surface area contributed by atoms with Crippen LogP contribution in [-0.2, 0) is 14.2 Å². The van der Waals surface area contributed by atoms with E-state index < -0.39 is 5.60 Å². The summed E-state index contributed by atoms with van der Waals surface area (Å²) < 4.78 is 16.5. The number of amides is 1. The molecule has 0 aromatic heterocycles. The van der Waals surface area contributed by atoms with Crippen LogP contribution < -0.4 is 10.6 Å². The average molecular weight is 286 g/mol. The summed E-state index contributed by atoms with van der Waals surface area (Å²) in [5, 5.41) is 6.24. The first-order valence-corrected chi connectivity index (χ1v) is 7.13. The highest BCUT2D eigenvalue weighted by Gasteiger charge is 2.48. The lowest BCUT2D eigenvalue weighted by Gasteiger charge is -2.46. The Bertz CT molecular complexity index is 349. The van der Waals surface area contributed by atoms with Gasteiger partial charge in [-0.1, -0.05) is 0 Å². The molecule has 2 rings (SSSR count). The van der Waals surface area contributed by atoms with Crippen LogP contribution in [-0.4, -0.2) is 56.2 Å². The van der Waals surface area contributed by atoms with E-state index in [0.717, 1.165) is 25.9 Å². The van der Waals surface area contributed by atoms with Crippen LogP contribution in [0.15, 0.2) is 0 Å². The predicted molar refractivity (Wildman–Crippen MR) is 74.8 cm³/mol. The van der Waals surface area contributed by atoms with Crippen LogP contribution in [0.25, 0.3) is 0 Å². The Morgan fingerprint density at radius 3 is 2.50 bits per heavy atom. The molecule has 0 aliphatic carbocycles. The van der Waals surface area contributed by atoms with Crippen molar-refractivity contribution < 1.29 is 19.0 Å². The van der Waals surface area contributed by atoms with Crippen molar-refractivity contribution in [1.82, 2.24) is 10.6 Å². The van der Waals surface area contributed by atoms with E-state index in [9.17, 15) is 4.79 Å². The molecule has 0 saturated carbocycles. The normalized spacial score (nSPS) is 28.8. The quantitative estimate of drug-likeness (QED) is 0.808. The zero-order valence-electron chi connectivity index (χ0n) is 12.9. The molecular formula is C14H26N2O4. The molecule has 1 unspecified atom stereocenters. The van der Waals surface area contributed by atoms with Gasteiger partial charge in [0, 0.05) is 33.2 Å². The molecule has 116 valence electrons. The van der Waals surface area contributed by atoms with Gasteiger partial charge >= 0.3 is 6.09 Å². The molecule has 2 heterocycles. The smallest absolute Gasteiger partial charge is 0.408 e. The van der Waals surface area contributed by atoms with Crippen LogP contribution in [0.4, 0.5) is 4.79 Å². The molecule has 0 spiro atoms. The minimum Gasteiger partial charge on any atom is -0.444 e. The van der Waals surface area contributed by atoms with Gasteiger partial charge in [-0.25, -0.2) is 4.79 Å². The number of hydrogen-bond acceptors (Lipinski definition) is 5. The fraction of sp³-hybridized carbons (Fsp3) is 0.929. The van der Waals surface area contributed by atoms with Crippen LogP contribution in [0.3, 0.4) is 0 Å². The van der Waals surface area contributed by atoms with Gasteiger partial charge in [-0.15, -0.1) is 0 Å². The summed E-state index contributed by atoms with van der Waals surface area (Å²) in [7, 11) is 1.72. The average Bonchev–Trinajstić information content (AvgIpc) is 2.69. The van der Waals surface area contributed by atoms with Crippen LogP contribution in [0.1, 0.15) is 33.6 Å². The van der Waals surface area contributed by atoms with Gasteiger partial charge in [0.1, 0.15) is 5.60 Å². The van der Waals surface area contributed by atoms with E-state index in [1.165, 1.54) is 0 Å². The minimum absolute atomic E-state index is 0.206. The lowest BCUT2D eigenvalue weighted by atomic mass is 9.80. The summed E-state index contributed by atoms with van der Waals surface area (Å²) in [6.45, 7) is 8.35. The maximum atomic E-state index is 12.1. The molecular weight excluding hydrogens is 260 g/mol. The third-order valence-electron chi connectivity index (χ3n) is 3.86. The van der Waals surface area contributed by atoms with Gasteiger partial charge in [-0.2, -0.15) is 0 Å². The maximum Gasteiger partial charge on any atom is 0.408 e. The van der Waals surface area contributed by atoms with E-state index >= 15 is 0 Å². The molecule has 6 nitrogen and oxygen atoms in total. The Morgan fingerprint density at radius 2 is 2.10 bits per heavy atom. The van der Waals surface area contributed by atoms with Gasteiger partial charge in [0.15, 0.2) is 0 Å². The number of alkyl carbamates (subject to hydrolysis) is 1. The summed E-state index contributed by atoms with van der Waals surface area (Å²) in [6, 6.07) is 0. The fourth-order valence-electron chi connectivity index (χ4n) is 2.77. The summed E-state index contributed by atoms with van der Waals surface area (Å²) in [4.78, 5) is 12.1. The standard InChI is InChI=1S/C14H26N2O4/c1-12(2,3)20-11(17)16-13(5-6-19-10-13)7-14(18-4)8-15-9-14/h15H,5-10H2,1-4H3,(H,16,17). The van der Waals surface area contributed by atoms with Gasteiger partial charge in [-0.3, -0.25) is 0 Å². The maximum absolute atomic E-state index is 12.1. The Hall–Kier alpha value is -0.850. The van der Waals surface area contributed by atoms with Gasteiger partial charge in [0.05, 0.1) is 17.7 Å². The molecule has 0 aromatic carbocycles. The highest BCUT2D eigenvalue weighted by Crippen LogP contribution is 2.33. The largest absolute Gasteiger partial charge is 0.444 e. The van der Waals surface area contributed by atoms with E-state index in [0.29, 0.717) is 13.2 Å². The van der Waals surface area contributed by atoms with Crippen LogP contribution in [0, 0.1) is 0 Å². The first-order valence-electron chi connectivity index (χ1n) is 7.13. The van der Waals surface area contributed by atoms with Crippen molar-refractivity contribution in [3.63, 3.8) is 0 Å². The molecule has 2 aliphatic heterocycles. The second-order valence-electron chi connectivity index (χ2n) is 6.88. The number of ether oxygens (including phenoxy) is 3. The Balaban J connectivity index is 2.00. The van der Waals surface area contributed by atoms with Gasteiger partial charge in [-0.05, 0) is 27.2 Å². The van der Waals surface area contributed by atoms with Gasteiger partial charge in [0.2, 0.25) is 0 Å². The molecule has 20 heavy (non-hydrogen) atoms. The summed E-state index contributed by atoms with van der Waals surface area (Å²) in [6.07, 6.45) is 1.14. The molecule has 2 aliphatic rings. The van der Waals surface area contributed by atoms with Crippen LogP contribution >= 0.6 is 0 Å². The van der Waals surface area contributed by atoms with Crippen LogP contribution in [0.2, 0.25) is 0 Å². The second-order valence-corrected chi connectivity index (χ2v) is 6.88. The Labute approximate surface area is 120 Å². The van der Waals surface area contributed by atoms with E-state index in [2.05, 4.69) is 10.6 Å². The zero-order chi connectivity index (χ0) is 14.9. The van der Waals surface area contributed by atoms with Crippen molar-refractivity contribution in [3.05, 3.63) is 0 Å². The van der Waals surface area contributed by atoms with Gasteiger partial charge in [0.25, 0.3) is 0 Å². The highest BCUT2D eigenvalue weighted by molar-refractivity contribution is 5.69. The molecule has 0 radical (unpaired) electrons. The fourth-order valence-corrected chi connectivity index (χ4v) is 2.77. The van der Waals surface area contributed by atoms with E-state index in [1.54, 1.807) is 7.11 Å². The second kappa shape index (κ2) is 5.50. The minimum atomic E-state index is -0.498.